The summed E-state index contributed by atoms with van der Waals surface area (Å²) in [5.41, 5.74) is 3.69. The van der Waals surface area contributed by atoms with E-state index in [0.29, 0.717) is 0 Å². The van der Waals surface area contributed by atoms with E-state index in [2.05, 4.69) is 33.1 Å². The van der Waals surface area contributed by atoms with Crippen LogP contribution in [-0.2, 0) is 0 Å². The zero-order valence-corrected chi connectivity index (χ0v) is 11.4. The number of hydrogen-bond acceptors (Lipinski definition) is 2. The Morgan fingerprint density at radius 2 is 1.82 bits per heavy atom. The van der Waals surface area contributed by atoms with Crippen LogP contribution in [0.3, 0.4) is 0 Å². The molecule has 0 aliphatic carbocycles. The van der Waals surface area contributed by atoms with Gasteiger partial charge in [0.15, 0.2) is 0 Å². The first-order valence-electron chi connectivity index (χ1n) is 5.93. The SMILES string of the molecule is B=C(CCCCC(=C)C)c1ccc(SN)cc1. The summed E-state index contributed by atoms with van der Waals surface area (Å²) in [6, 6.07) is 8.27. The van der Waals surface area contributed by atoms with E-state index in [1.165, 1.54) is 41.4 Å². The maximum absolute atomic E-state index is 5.49. The van der Waals surface area contributed by atoms with Crippen molar-refractivity contribution >= 4 is 24.9 Å². The van der Waals surface area contributed by atoms with E-state index >= 15 is 0 Å². The van der Waals surface area contributed by atoms with Crippen LogP contribution in [0.2, 0.25) is 0 Å². The number of hydrogen-bond donors (Lipinski definition) is 1. The first-order valence-corrected chi connectivity index (χ1v) is 6.81. The molecule has 1 rings (SSSR count). The number of allylic oxidation sites excluding steroid dienone is 1. The van der Waals surface area contributed by atoms with Crippen molar-refractivity contribution in [3.05, 3.63) is 42.0 Å². The van der Waals surface area contributed by atoms with Crippen LogP contribution in [0.4, 0.5) is 0 Å². The maximum atomic E-state index is 5.49. The molecule has 0 spiro atoms. The second kappa shape index (κ2) is 7.52. The topological polar surface area (TPSA) is 26.0 Å². The predicted octanol–water partition coefficient (Wildman–Crippen LogP) is 3.21. The molecule has 0 aliphatic heterocycles. The Labute approximate surface area is 110 Å². The van der Waals surface area contributed by atoms with Gasteiger partial charge in [0.25, 0.3) is 0 Å². The Morgan fingerprint density at radius 1 is 1.24 bits per heavy atom. The molecule has 1 aromatic carbocycles. The third kappa shape index (κ3) is 5.38. The molecule has 1 aromatic rings. The predicted molar refractivity (Wildman–Crippen MR) is 81.0 cm³/mol. The zero-order chi connectivity index (χ0) is 12.7. The van der Waals surface area contributed by atoms with Gasteiger partial charge in [0.2, 0.25) is 0 Å². The first kappa shape index (κ1) is 14.3. The zero-order valence-electron chi connectivity index (χ0n) is 10.5. The van der Waals surface area contributed by atoms with E-state index in [-0.39, 0.29) is 0 Å². The van der Waals surface area contributed by atoms with Crippen molar-refractivity contribution in [3.8, 4) is 0 Å². The molecule has 0 saturated carbocycles. The van der Waals surface area contributed by atoms with Gasteiger partial charge in [0.1, 0.15) is 0 Å². The monoisotopic (exact) mass is 245 g/mol. The Kier molecular flexibility index (Phi) is 6.31. The van der Waals surface area contributed by atoms with Crippen LogP contribution in [0.25, 0.3) is 0 Å². The van der Waals surface area contributed by atoms with Gasteiger partial charge in [-0.3, -0.25) is 0 Å². The van der Waals surface area contributed by atoms with Gasteiger partial charge in [-0.25, -0.2) is 0 Å². The first-order chi connectivity index (χ1) is 8.13. The molecule has 0 aliphatic rings. The minimum atomic E-state index is 1.06. The van der Waals surface area contributed by atoms with Gasteiger partial charge in [-0.05, 0) is 0 Å². The Balaban J connectivity index is 2.38. The summed E-state index contributed by atoms with van der Waals surface area (Å²) in [5.74, 6) is 0. The van der Waals surface area contributed by atoms with Gasteiger partial charge in [0, 0.05) is 0 Å². The summed E-state index contributed by atoms with van der Waals surface area (Å²) >= 11 is 1.27. The van der Waals surface area contributed by atoms with Crippen LogP contribution < -0.4 is 5.14 Å². The molecular weight excluding hydrogens is 225 g/mol. The summed E-state index contributed by atoms with van der Waals surface area (Å²) in [4.78, 5) is 1.09. The van der Waals surface area contributed by atoms with E-state index in [1.54, 1.807) is 0 Å². The van der Waals surface area contributed by atoms with Crippen molar-refractivity contribution in [3.63, 3.8) is 0 Å². The molecule has 0 fully saturated rings. The second-order valence-corrected chi connectivity index (χ2v) is 5.12. The number of unbranched alkanes of at least 4 members (excludes halogenated alkanes) is 1. The molecule has 0 radical (unpaired) electrons. The molecule has 3 heteroatoms. The normalized spacial score (nSPS) is 10.2. The standard InChI is InChI=1S/C14H20BNS/c1-11(2)5-3-4-6-14(15)12-7-9-13(17-16)10-8-12/h7-10,15H,1,3-6,16H2,2H3. The Hall–Kier alpha value is -0.795. The second-order valence-electron chi connectivity index (χ2n) is 4.41. The molecule has 2 N–H and O–H groups in total. The van der Waals surface area contributed by atoms with Gasteiger partial charge >= 0.3 is 110 Å². The summed E-state index contributed by atoms with van der Waals surface area (Å²) in [7, 11) is 4.14. The van der Waals surface area contributed by atoms with E-state index in [9.17, 15) is 0 Å². The number of rotatable bonds is 7. The van der Waals surface area contributed by atoms with Crippen molar-refractivity contribution in [1.82, 2.24) is 0 Å². The fourth-order valence-corrected chi connectivity index (χ4v) is 1.97. The Bertz CT molecular complexity index is 384. The molecular formula is C14H20BNS. The van der Waals surface area contributed by atoms with Crippen LogP contribution >= 0.6 is 11.9 Å². The van der Waals surface area contributed by atoms with E-state index in [0.717, 1.165) is 17.7 Å². The third-order valence-electron chi connectivity index (χ3n) is 2.73. The van der Waals surface area contributed by atoms with Crippen molar-refractivity contribution in [2.24, 2.45) is 5.14 Å². The van der Waals surface area contributed by atoms with Crippen LogP contribution in [0.5, 0.6) is 0 Å². The molecule has 17 heavy (non-hydrogen) atoms. The van der Waals surface area contributed by atoms with Gasteiger partial charge in [0.05, 0.1) is 0 Å². The summed E-state index contributed by atoms with van der Waals surface area (Å²) in [6.07, 6.45) is 4.56. The minimum absolute atomic E-state index is 1.06. The number of benzene rings is 1. The fraction of sp³-hybridized carbons (Fsp3) is 0.357. The molecule has 1 nitrogen and oxygen atoms in total. The molecule has 0 bridgehead atoms. The molecule has 0 saturated heterocycles. The van der Waals surface area contributed by atoms with Crippen LogP contribution in [0.15, 0.2) is 41.3 Å². The number of nitrogens with two attached hydrogens (primary N) is 1. The fourth-order valence-electron chi connectivity index (χ4n) is 1.68. The van der Waals surface area contributed by atoms with E-state index in [4.69, 9.17) is 5.14 Å². The van der Waals surface area contributed by atoms with Gasteiger partial charge in [-0.15, -0.1) is 0 Å². The molecule has 90 valence electrons. The van der Waals surface area contributed by atoms with Crippen molar-refractivity contribution in [2.45, 2.75) is 37.5 Å². The average Bonchev–Trinajstić information content (AvgIpc) is 2.34. The van der Waals surface area contributed by atoms with Crippen LogP contribution in [-0.4, -0.2) is 13.0 Å². The summed E-state index contributed by atoms with van der Waals surface area (Å²) in [5, 5.41) is 5.49. The van der Waals surface area contributed by atoms with Crippen molar-refractivity contribution < 1.29 is 0 Å². The molecule has 0 atom stereocenters. The quantitative estimate of drug-likeness (QED) is 0.345. The van der Waals surface area contributed by atoms with Crippen molar-refractivity contribution in [2.75, 3.05) is 0 Å². The van der Waals surface area contributed by atoms with E-state index < -0.39 is 0 Å². The third-order valence-corrected chi connectivity index (χ3v) is 3.28. The summed E-state index contributed by atoms with van der Waals surface area (Å²) < 4.78 is 0. The van der Waals surface area contributed by atoms with Crippen LogP contribution in [0.1, 0.15) is 38.2 Å². The van der Waals surface area contributed by atoms with Crippen molar-refractivity contribution in [1.29, 1.82) is 0 Å². The molecule has 0 heterocycles. The molecule has 0 amide bonds. The van der Waals surface area contributed by atoms with Gasteiger partial charge < -0.3 is 0 Å². The van der Waals surface area contributed by atoms with E-state index in [1.807, 2.05) is 12.1 Å². The average molecular weight is 245 g/mol. The Morgan fingerprint density at radius 3 is 2.35 bits per heavy atom. The van der Waals surface area contributed by atoms with Gasteiger partial charge in [-0.2, -0.15) is 0 Å². The van der Waals surface area contributed by atoms with Crippen LogP contribution in [0, 0.1) is 0 Å². The van der Waals surface area contributed by atoms with Gasteiger partial charge in [-0.1, -0.05) is 0 Å². The summed E-state index contributed by atoms with van der Waals surface area (Å²) in [6.45, 7) is 5.99. The molecule has 0 unspecified atom stereocenters. The molecule has 0 aromatic heterocycles.